The van der Waals surface area contributed by atoms with Crippen molar-refractivity contribution in [3.8, 4) is 17.1 Å². The van der Waals surface area contributed by atoms with Gasteiger partial charge in [-0.25, -0.2) is 9.78 Å². The second-order valence-corrected chi connectivity index (χ2v) is 6.01. The van der Waals surface area contributed by atoms with Crippen LogP contribution < -0.4 is 4.74 Å². The van der Waals surface area contributed by atoms with Crippen molar-refractivity contribution in [2.45, 2.75) is 11.5 Å². The molecule has 6 heteroatoms. The SMILES string of the molecule is COc1cc(SC)ccc1C(=O)OCc1ncc(-c2ccccc2)o1. The zero-order valence-electron chi connectivity index (χ0n) is 13.9. The van der Waals surface area contributed by atoms with Gasteiger partial charge < -0.3 is 13.9 Å². The number of carbonyl (C=O) groups excluding carboxylic acids is 1. The van der Waals surface area contributed by atoms with Crippen molar-refractivity contribution in [3.63, 3.8) is 0 Å². The molecule has 1 heterocycles. The average Bonchev–Trinajstić information content (AvgIpc) is 3.15. The predicted octanol–water partition coefficient (Wildman–Crippen LogP) is 4.43. The standard InChI is InChI=1S/C19H17NO4S/c1-22-16-10-14(25-2)8-9-15(16)19(21)23-12-18-20-11-17(24-18)13-6-4-3-5-7-13/h3-11H,12H2,1-2H3. The van der Waals surface area contributed by atoms with E-state index in [0.717, 1.165) is 10.5 Å². The van der Waals surface area contributed by atoms with Crippen LogP contribution in [0.15, 0.2) is 64.0 Å². The Morgan fingerprint density at radius 3 is 2.72 bits per heavy atom. The minimum absolute atomic E-state index is 0.0426. The number of benzene rings is 2. The molecule has 0 N–H and O–H groups in total. The van der Waals surface area contributed by atoms with Gasteiger partial charge in [0.1, 0.15) is 11.3 Å². The molecule has 25 heavy (non-hydrogen) atoms. The van der Waals surface area contributed by atoms with Gasteiger partial charge in [-0.2, -0.15) is 0 Å². The molecule has 0 bridgehead atoms. The predicted molar refractivity (Wildman–Crippen MR) is 95.8 cm³/mol. The molecule has 0 fully saturated rings. The third-order valence-corrected chi connectivity index (χ3v) is 4.29. The monoisotopic (exact) mass is 355 g/mol. The van der Waals surface area contributed by atoms with Crippen LogP contribution in [-0.4, -0.2) is 24.3 Å². The van der Waals surface area contributed by atoms with Gasteiger partial charge in [0.15, 0.2) is 12.4 Å². The van der Waals surface area contributed by atoms with E-state index < -0.39 is 5.97 Å². The largest absolute Gasteiger partial charge is 0.496 e. The minimum Gasteiger partial charge on any atom is -0.496 e. The molecule has 0 saturated carbocycles. The van der Waals surface area contributed by atoms with Crippen LogP contribution in [0.25, 0.3) is 11.3 Å². The van der Waals surface area contributed by atoms with E-state index in [2.05, 4.69) is 4.98 Å². The quantitative estimate of drug-likeness (QED) is 0.481. The molecule has 0 aliphatic heterocycles. The lowest BCUT2D eigenvalue weighted by molar-refractivity contribution is 0.0435. The number of rotatable bonds is 6. The van der Waals surface area contributed by atoms with Crippen LogP contribution in [0.4, 0.5) is 0 Å². The molecule has 0 atom stereocenters. The fourth-order valence-electron chi connectivity index (χ4n) is 2.29. The summed E-state index contributed by atoms with van der Waals surface area (Å²) in [7, 11) is 1.52. The van der Waals surface area contributed by atoms with Gasteiger partial charge in [0, 0.05) is 10.5 Å². The second kappa shape index (κ2) is 7.90. The van der Waals surface area contributed by atoms with Crippen molar-refractivity contribution >= 4 is 17.7 Å². The van der Waals surface area contributed by atoms with E-state index in [9.17, 15) is 4.79 Å². The van der Waals surface area contributed by atoms with Crippen LogP contribution in [0.1, 0.15) is 16.2 Å². The van der Waals surface area contributed by atoms with Crippen molar-refractivity contribution in [1.82, 2.24) is 4.98 Å². The number of hydrogen-bond acceptors (Lipinski definition) is 6. The van der Waals surface area contributed by atoms with Crippen molar-refractivity contribution in [3.05, 3.63) is 66.2 Å². The molecule has 0 amide bonds. The molecule has 5 nitrogen and oxygen atoms in total. The van der Waals surface area contributed by atoms with Crippen LogP contribution in [0.2, 0.25) is 0 Å². The highest BCUT2D eigenvalue weighted by atomic mass is 32.2. The Morgan fingerprint density at radius 2 is 2.00 bits per heavy atom. The number of aromatic nitrogens is 1. The Labute approximate surface area is 150 Å². The fourth-order valence-corrected chi connectivity index (χ4v) is 2.71. The van der Waals surface area contributed by atoms with E-state index in [1.54, 1.807) is 30.1 Å². The molecule has 0 spiro atoms. The van der Waals surface area contributed by atoms with E-state index >= 15 is 0 Å². The van der Waals surface area contributed by atoms with Gasteiger partial charge in [0.2, 0.25) is 5.89 Å². The smallest absolute Gasteiger partial charge is 0.342 e. The van der Waals surface area contributed by atoms with Crippen molar-refractivity contribution in [2.75, 3.05) is 13.4 Å². The lowest BCUT2D eigenvalue weighted by atomic mass is 10.2. The summed E-state index contributed by atoms with van der Waals surface area (Å²) in [5, 5.41) is 0. The van der Waals surface area contributed by atoms with E-state index in [0.29, 0.717) is 23.0 Å². The number of methoxy groups -OCH3 is 1. The Hall–Kier alpha value is -2.73. The van der Waals surface area contributed by atoms with Crippen LogP contribution in [0.5, 0.6) is 5.75 Å². The third-order valence-electron chi connectivity index (χ3n) is 3.57. The Kier molecular flexibility index (Phi) is 5.40. The molecule has 0 saturated heterocycles. The normalized spacial score (nSPS) is 10.5. The highest BCUT2D eigenvalue weighted by Crippen LogP contribution is 2.26. The zero-order chi connectivity index (χ0) is 17.6. The van der Waals surface area contributed by atoms with Crippen LogP contribution in [0, 0.1) is 0 Å². The van der Waals surface area contributed by atoms with Gasteiger partial charge in [0.25, 0.3) is 0 Å². The average molecular weight is 355 g/mol. The minimum atomic E-state index is -0.482. The highest BCUT2D eigenvalue weighted by molar-refractivity contribution is 7.98. The summed E-state index contributed by atoms with van der Waals surface area (Å²) < 4.78 is 16.2. The summed E-state index contributed by atoms with van der Waals surface area (Å²) >= 11 is 1.57. The summed E-state index contributed by atoms with van der Waals surface area (Å²) in [5.74, 6) is 0.971. The second-order valence-electron chi connectivity index (χ2n) is 5.13. The number of carbonyl (C=O) groups is 1. The van der Waals surface area contributed by atoms with Gasteiger partial charge in [-0.15, -0.1) is 11.8 Å². The number of nitrogens with zero attached hydrogens (tertiary/aromatic N) is 1. The maximum absolute atomic E-state index is 12.3. The van der Waals surface area contributed by atoms with Gasteiger partial charge >= 0.3 is 5.97 Å². The van der Waals surface area contributed by atoms with Crippen molar-refractivity contribution < 1.29 is 18.7 Å². The van der Waals surface area contributed by atoms with Gasteiger partial charge in [-0.1, -0.05) is 30.3 Å². The van der Waals surface area contributed by atoms with E-state index in [1.807, 2.05) is 42.7 Å². The van der Waals surface area contributed by atoms with E-state index in [1.165, 1.54) is 7.11 Å². The van der Waals surface area contributed by atoms with Gasteiger partial charge in [-0.3, -0.25) is 0 Å². The van der Waals surface area contributed by atoms with Gasteiger partial charge in [-0.05, 0) is 24.5 Å². The van der Waals surface area contributed by atoms with Gasteiger partial charge in [0.05, 0.1) is 13.3 Å². The summed E-state index contributed by atoms with van der Waals surface area (Å²) in [5.41, 5.74) is 1.29. The third kappa shape index (κ3) is 4.03. The maximum atomic E-state index is 12.3. The molecule has 0 unspecified atom stereocenters. The lowest BCUT2D eigenvalue weighted by Gasteiger charge is -2.09. The molecular weight excluding hydrogens is 338 g/mol. The van der Waals surface area contributed by atoms with E-state index in [4.69, 9.17) is 13.9 Å². The number of ether oxygens (including phenoxy) is 2. The molecule has 2 aromatic carbocycles. The molecular formula is C19H17NO4S. The Balaban J connectivity index is 1.68. The van der Waals surface area contributed by atoms with Crippen molar-refractivity contribution in [1.29, 1.82) is 0 Å². The molecule has 0 aliphatic carbocycles. The summed E-state index contributed by atoms with van der Waals surface area (Å²) in [6, 6.07) is 15.0. The highest BCUT2D eigenvalue weighted by Gasteiger charge is 2.16. The molecule has 0 aliphatic rings. The molecule has 3 rings (SSSR count). The Bertz CT molecular complexity index is 861. The molecule has 0 radical (unpaired) electrons. The molecule has 1 aromatic heterocycles. The number of hydrogen-bond donors (Lipinski definition) is 0. The first kappa shape index (κ1) is 17.1. The maximum Gasteiger partial charge on any atom is 0.342 e. The molecule has 128 valence electrons. The van der Waals surface area contributed by atoms with Crippen molar-refractivity contribution in [2.24, 2.45) is 0 Å². The van der Waals surface area contributed by atoms with Crippen LogP contribution in [0.3, 0.4) is 0 Å². The Morgan fingerprint density at radius 1 is 1.20 bits per heavy atom. The first-order chi connectivity index (χ1) is 12.2. The number of thioether (sulfide) groups is 1. The fraction of sp³-hybridized carbons (Fsp3) is 0.158. The zero-order valence-corrected chi connectivity index (χ0v) is 14.7. The van der Waals surface area contributed by atoms with Crippen LogP contribution in [-0.2, 0) is 11.3 Å². The number of esters is 1. The summed E-state index contributed by atoms with van der Waals surface area (Å²) in [4.78, 5) is 17.5. The topological polar surface area (TPSA) is 61.6 Å². The van der Waals surface area contributed by atoms with Crippen LogP contribution >= 0.6 is 11.8 Å². The first-order valence-corrected chi connectivity index (χ1v) is 8.83. The summed E-state index contributed by atoms with van der Waals surface area (Å²) in [6.07, 6.45) is 3.58. The molecule has 3 aromatic rings. The lowest BCUT2D eigenvalue weighted by Crippen LogP contribution is -2.07. The number of oxazole rings is 1. The van der Waals surface area contributed by atoms with E-state index in [-0.39, 0.29) is 6.61 Å². The summed E-state index contributed by atoms with van der Waals surface area (Å²) in [6.45, 7) is -0.0426. The first-order valence-electron chi connectivity index (χ1n) is 7.60.